The Morgan fingerprint density at radius 3 is 1.04 bits per heavy atom. The summed E-state index contributed by atoms with van der Waals surface area (Å²) in [7, 11) is 0. The predicted octanol–water partition coefficient (Wildman–Crippen LogP) is 19.2. The summed E-state index contributed by atoms with van der Waals surface area (Å²) in [6, 6.07) is 86.9. The Hall–Kier alpha value is -8.32. The first-order valence-corrected chi connectivity index (χ1v) is 24.8. The summed E-state index contributed by atoms with van der Waals surface area (Å²) in [5, 5.41) is 7.70. The van der Waals surface area contributed by atoms with Gasteiger partial charge in [-0.3, -0.25) is 0 Å². The Morgan fingerprint density at radius 1 is 0.214 bits per heavy atom. The molecule has 0 atom stereocenters. The maximum atomic E-state index is 2.48. The highest BCUT2D eigenvalue weighted by Crippen LogP contribution is 2.55. The molecule has 14 rings (SSSR count). The SMILES string of the molecule is CC1(C)c2ccccc2-c2c(-c3ccc(-c4ccc5c(-c6ccccc6)cc6c(-c7ccc(-c8cccc9c8-c8ccccc8C9(C)C)cc7)cc(-c7ccccc7)c7ccc4c5c76)cc3)cccc21. The van der Waals surface area contributed by atoms with Gasteiger partial charge in [-0.05, 0) is 156 Å². The minimum Gasteiger partial charge on any atom is -0.0622 e. The summed E-state index contributed by atoms with van der Waals surface area (Å²) in [5.74, 6) is 0. The smallest absolute Gasteiger partial charge is 0.0159 e. The fourth-order valence-corrected chi connectivity index (χ4v) is 12.8. The molecule has 0 fully saturated rings. The normalized spacial score (nSPS) is 13.9. The third kappa shape index (κ3) is 5.83. The second-order valence-electron chi connectivity index (χ2n) is 20.7. The van der Waals surface area contributed by atoms with Crippen molar-refractivity contribution in [3.05, 3.63) is 253 Å². The maximum absolute atomic E-state index is 2.48. The largest absolute Gasteiger partial charge is 0.0622 e. The molecule has 0 unspecified atom stereocenters. The van der Waals surface area contributed by atoms with Crippen molar-refractivity contribution in [1.82, 2.24) is 0 Å². The lowest BCUT2D eigenvalue weighted by atomic mass is 9.81. The van der Waals surface area contributed by atoms with E-state index < -0.39 is 0 Å². The van der Waals surface area contributed by atoms with E-state index in [1.54, 1.807) is 0 Å². The van der Waals surface area contributed by atoms with Crippen molar-refractivity contribution < 1.29 is 0 Å². The van der Waals surface area contributed by atoms with E-state index in [0.717, 1.165) is 0 Å². The summed E-state index contributed by atoms with van der Waals surface area (Å²) >= 11 is 0. The van der Waals surface area contributed by atoms with Gasteiger partial charge in [-0.15, -0.1) is 0 Å². The average molecular weight is 891 g/mol. The lowest BCUT2D eigenvalue weighted by molar-refractivity contribution is 0.660. The molecule has 0 saturated heterocycles. The van der Waals surface area contributed by atoms with Crippen LogP contribution in [-0.2, 0) is 10.8 Å². The molecule has 0 aromatic heterocycles. The molecule has 70 heavy (non-hydrogen) atoms. The average Bonchev–Trinajstić information content (AvgIpc) is 3.80. The van der Waals surface area contributed by atoms with Crippen LogP contribution in [0.15, 0.2) is 231 Å². The summed E-state index contributed by atoms with van der Waals surface area (Å²) in [6.45, 7) is 9.45. The Morgan fingerprint density at radius 2 is 0.543 bits per heavy atom. The number of hydrogen-bond donors (Lipinski definition) is 0. The zero-order chi connectivity index (χ0) is 46.9. The predicted molar refractivity (Wildman–Crippen MR) is 298 cm³/mol. The minimum atomic E-state index is -0.0510. The maximum Gasteiger partial charge on any atom is 0.0159 e. The Labute approximate surface area is 410 Å². The highest BCUT2D eigenvalue weighted by atomic mass is 14.4. The summed E-state index contributed by atoms with van der Waals surface area (Å²) in [4.78, 5) is 0. The topological polar surface area (TPSA) is 0 Å². The highest BCUT2D eigenvalue weighted by molar-refractivity contribution is 6.32. The third-order valence-electron chi connectivity index (χ3n) is 16.3. The van der Waals surface area contributed by atoms with Crippen molar-refractivity contribution >= 4 is 32.3 Å². The van der Waals surface area contributed by atoms with Gasteiger partial charge in [0.2, 0.25) is 0 Å². The summed E-state index contributed by atoms with van der Waals surface area (Å²) in [5.41, 5.74) is 25.8. The fourth-order valence-electron chi connectivity index (χ4n) is 12.8. The monoisotopic (exact) mass is 890 g/mol. The fraction of sp³-hybridized carbons (Fsp3) is 0.0857. The van der Waals surface area contributed by atoms with E-state index in [0.29, 0.717) is 0 Å². The van der Waals surface area contributed by atoms with Crippen LogP contribution in [0.5, 0.6) is 0 Å². The number of rotatable bonds is 6. The number of fused-ring (bicyclic) bond motifs is 6. The molecule has 0 saturated carbocycles. The van der Waals surface area contributed by atoms with Gasteiger partial charge in [0.25, 0.3) is 0 Å². The molecule has 0 heteroatoms. The van der Waals surface area contributed by atoms with Crippen LogP contribution in [-0.4, -0.2) is 0 Å². The van der Waals surface area contributed by atoms with Gasteiger partial charge in [0, 0.05) is 10.8 Å². The first-order valence-electron chi connectivity index (χ1n) is 24.8. The van der Waals surface area contributed by atoms with Crippen LogP contribution in [0.2, 0.25) is 0 Å². The molecule has 0 heterocycles. The van der Waals surface area contributed by atoms with Gasteiger partial charge >= 0.3 is 0 Å². The third-order valence-corrected chi connectivity index (χ3v) is 16.3. The van der Waals surface area contributed by atoms with Crippen molar-refractivity contribution in [3.63, 3.8) is 0 Å². The van der Waals surface area contributed by atoms with Crippen molar-refractivity contribution in [1.29, 1.82) is 0 Å². The van der Waals surface area contributed by atoms with Crippen LogP contribution >= 0.6 is 0 Å². The van der Waals surface area contributed by atoms with Crippen molar-refractivity contribution in [2.24, 2.45) is 0 Å². The summed E-state index contributed by atoms with van der Waals surface area (Å²) < 4.78 is 0. The molecule has 0 N–H and O–H groups in total. The summed E-state index contributed by atoms with van der Waals surface area (Å²) in [6.07, 6.45) is 0. The minimum absolute atomic E-state index is 0.0424. The molecule has 0 amide bonds. The van der Waals surface area contributed by atoms with E-state index in [-0.39, 0.29) is 10.8 Å². The second-order valence-corrected chi connectivity index (χ2v) is 20.7. The number of benzene rings is 12. The van der Waals surface area contributed by atoms with E-state index in [1.807, 2.05) is 0 Å². The zero-order valence-corrected chi connectivity index (χ0v) is 39.9. The molecule has 2 aliphatic rings. The molecule has 0 bridgehead atoms. The lowest BCUT2D eigenvalue weighted by Gasteiger charge is -2.22. The van der Waals surface area contributed by atoms with Crippen molar-refractivity contribution in [2.75, 3.05) is 0 Å². The quantitative estimate of drug-likeness (QED) is 0.146. The molecule has 12 aromatic carbocycles. The molecule has 0 nitrogen and oxygen atoms in total. The molecule has 0 spiro atoms. The van der Waals surface area contributed by atoms with E-state index in [2.05, 4.69) is 258 Å². The molecule has 12 aromatic rings. The zero-order valence-electron chi connectivity index (χ0n) is 39.9. The van der Waals surface area contributed by atoms with Crippen LogP contribution in [0.4, 0.5) is 0 Å². The Balaban J connectivity index is 0.970. The standard InChI is InChI=1S/C70H50/c1-69(2)61-25-13-11-21-55(61)65-50(23-15-27-63(65)69)46-31-29-45(30-32-46)49-37-38-53-58(44-19-9-6-10-20-44)42-60-59(41-57(43-17-7-5-8-18-43)54-40-39-52(49)67(53)68(54)60)48-35-33-47(34-36-48)51-24-16-28-64-66(51)56-22-12-14-26-62(56)70(64,3)4/h5-42H,1-4H3. The van der Waals surface area contributed by atoms with Gasteiger partial charge < -0.3 is 0 Å². The molecule has 0 radical (unpaired) electrons. The molecule has 2 aliphatic carbocycles. The molecular weight excluding hydrogens is 841 g/mol. The Kier molecular flexibility index (Phi) is 8.78. The van der Waals surface area contributed by atoms with Gasteiger partial charge in [-0.25, -0.2) is 0 Å². The van der Waals surface area contributed by atoms with Crippen LogP contribution < -0.4 is 0 Å². The highest BCUT2D eigenvalue weighted by Gasteiger charge is 2.38. The van der Waals surface area contributed by atoms with Crippen LogP contribution in [0, 0.1) is 0 Å². The van der Waals surface area contributed by atoms with E-state index in [9.17, 15) is 0 Å². The van der Waals surface area contributed by atoms with Gasteiger partial charge in [0.15, 0.2) is 0 Å². The van der Waals surface area contributed by atoms with E-state index in [4.69, 9.17) is 0 Å². The molecule has 330 valence electrons. The van der Waals surface area contributed by atoms with Crippen molar-refractivity contribution in [2.45, 2.75) is 38.5 Å². The van der Waals surface area contributed by atoms with Crippen LogP contribution in [0.3, 0.4) is 0 Å². The first kappa shape index (κ1) is 40.7. The lowest BCUT2D eigenvalue weighted by Crippen LogP contribution is -2.14. The van der Waals surface area contributed by atoms with E-state index >= 15 is 0 Å². The van der Waals surface area contributed by atoms with Gasteiger partial charge in [0.1, 0.15) is 0 Å². The van der Waals surface area contributed by atoms with Gasteiger partial charge in [-0.2, -0.15) is 0 Å². The van der Waals surface area contributed by atoms with Gasteiger partial charge in [0.05, 0.1) is 0 Å². The van der Waals surface area contributed by atoms with Crippen LogP contribution in [0.1, 0.15) is 49.9 Å². The Bertz CT molecular complexity index is 4050. The second kappa shape index (κ2) is 15.1. The van der Waals surface area contributed by atoms with Crippen molar-refractivity contribution in [3.8, 4) is 89.0 Å². The van der Waals surface area contributed by atoms with E-state index in [1.165, 1.54) is 144 Å². The number of hydrogen-bond acceptors (Lipinski definition) is 0. The molecular formula is C70H50. The van der Waals surface area contributed by atoms with Gasteiger partial charge in [-0.1, -0.05) is 246 Å². The van der Waals surface area contributed by atoms with Crippen LogP contribution in [0.25, 0.3) is 121 Å². The molecule has 0 aliphatic heterocycles. The first-order chi connectivity index (χ1) is 34.3.